The zero-order chi connectivity index (χ0) is 20.4. The SMILES string of the molecule is COCCNc1nc(-c2ccc(Cl)cc2)c2c(N)n(-c3ccccc3Cl)nc2n1. The molecule has 0 aliphatic carbocycles. The number of aromatic nitrogens is 4. The van der Waals surface area contributed by atoms with Crippen LogP contribution in [0.15, 0.2) is 48.5 Å². The summed E-state index contributed by atoms with van der Waals surface area (Å²) >= 11 is 12.4. The maximum absolute atomic E-state index is 6.48. The molecule has 0 saturated carbocycles. The van der Waals surface area contributed by atoms with Crippen molar-refractivity contribution in [2.45, 2.75) is 0 Å². The van der Waals surface area contributed by atoms with Crippen molar-refractivity contribution in [1.82, 2.24) is 19.7 Å². The first-order chi connectivity index (χ1) is 14.1. The van der Waals surface area contributed by atoms with E-state index < -0.39 is 0 Å². The van der Waals surface area contributed by atoms with E-state index in [2.05, 4.69) is 20.4 Å². The van der Waals surface area contributed by atoms with Crippen LogP contribution in [0.4, 0.5) is 11.8 Å². The third-order valence-electron chi connectivity index (χ3n) is 4.36. The monoisotopic (exact) mass is 428 g/mol. The summed E-state index contributed by atoms with van der Waals surface area (Å²) in [5, 5.41) is 9.56. The highest BCUT2D eigenvalue weighted by atomic mass is 35.5. The Morgan fingerprint density at radius 2 is 1.83 bits per heavy atom. The molecule has 0 radical (unpaired) electrons. The van der Waals surface area contributed by atoms with Crippen LogP contribution in [0, 0.1) is 0 Å². The maximum atomic E-state index is 6.48. The lowest BCUT2D eigenvalue weighted by Crippen LogP contribution is -2.10. The fraction of sp³-hybridized carbons (Fsp3) is 0.150. The molecule has 0 bridgehead atoms. The molecular formula is C20H18Cl2N6O. The lowest BCUT2D eigenvalue weighted by atomic mass is 10.1. The number of nitrogens with zero attached hydrogens (tertiary/aromatic N) is 4. The van der Waals surface area contributed by atoms with Gasteiger partial charge < -0.3 is 15.8 Å². The first-order valence-corrected chi connectivity index (χ1v) is 9.64. The van der Waals surface area contributed by atoms with Gasteiger partial charge in [-0.3, -0.25) is 0 Å². The molecule has 2 aromatic heterocycles. The van der Waals surface area contributed by atoms with Gasteiger partial charge in [0.05, 0.1) is 28.4 Å². The van der Waals surface area contributed by atoms with Crippen LogP contribution in [0.25, 0.3) is 28.0 Å². The third-order valence-corrected chi connectivity index (χ3v) is 4.93. The van der Waals surface area contributed by atoms with Crippen LogP contribution in [0.1, 0.15) is 0 Å². The number of nitrogens with one attached hydrogen (secondary N) is 1. The molecule has 0 aliphatic heterocycles. The third kappa shape index (κ3) is 3.85. The van der Waals surface area contributed by atoms with Crippen molar-refractivity contribution in [2.75, 3.05) is 31.3 Å². The number of hydrogen-bond acceptors (Lipinski definition) is 6. The van der Waals surface area contributed by atoms with Gasteiger partial charge in [-0.25, -0.2) is 9.67 Å². The first-order valence-electron chi connectivity index (χ1n) is 8.88. The Morgan fingerprint density at radius 1 is 1.07 bits per heavy atom. The second-order valence-corrected chi connectivity index (χ2v) is 7.11. The summed E-state index contributed by atoms with van der Waals surface area (Å²) in [6.07, 6.45) is 0. The van der Waals surface area contributed by atoms with Gasteiger partial charge in [0.25, 0.3) is 0 Å². The Bertz CT molecular complexity index is 1160. The number of hydrogen-bond donors (Lipinski definition) is 2. The predicted molar refractivity (Wildman–Crippen MR) is 117 cm³/mol. The summed E-state index contributed by atoms with van der Waals surface area (Å²) in [4.78, 5) is 9.20. The highest BCUT2D eigenvalue weighted by Gasteiger charge is 2.20. The molecule has 0 spiro atoms. The summed E-state index contributed by atoms with van der Waals surface area (Å²) in [7, 11) is 1.64. The number of nitrogens with two attached hydrogens (primary N) is 1. The van der Waals surface area contributed by atoms with Crippen molar-refractivity contribution < 1.29 is 4.74 Å². The molecule has 0 saturated heterocycles. The zero-order valence-electron chi connectivity index (χ0n) is 15.6. The standard InChI is InChI=1S/C20H18Cl2N6O/c1-29-11-10-24-20-25-17(12-6-8-13(21)9-7-12)16-18(23)28(27-19(16)26-20)15-5-3-2-4-14(15)22/h2-9H,10-11,23H2,1H3,(H,24,26,27). The van der Waals surface area contributed by atoms with Crippen molar-refractivity contribution in [3.8, 4) is 16.9 Å². The molecule has 0 atom stereocenters. The molecule has 4 rings (SSSR count). The molecule has 9 heteroatoms. The van der Waals surface area contributed by atoms with Crippen LogP contribution in [-0.4, -0.2) is 40.0 Å². The minimum atomic E-state index is 0.404. The van der Waals surface area contributed by atoms with Gasteiger partial charge in [0.1, 0.15) is 5.82 Å². The van der Waals surface area contributed by atoms with Crippen molar-refractivity contribution in [1.29, 1.82) is 0 Å². The summed E-state index contributed by atoms with van der Waals surface area (Å²) in [5.74, 6) is 0.838. The number of ether oxygens (including phenoxy) is 1. The molecule has 148 valence electrons. The minimum absolute atomic E-state index is 0.404. The van der Waals surface area contributed by atoms with Gasteiger partial charge in [0, 0.05) is 24.2 Å². The normalized spacial score (nSPS) is 11.1. The van der Waals surface area contributed by atoms with Crippen molar-refractivity contribution in [3.05, 3.63) is 58.6 Å². The topological polar surface area (TPSA) is 90.9 Å². The molecule has 0 aliphatic rings. The van der Waals surface area contributed by atoms with E-state index in [1.165, 1.54) is 0 Å². The second-order valence-electron chi connectivity index (χ2n) is 6.27. The Labute approximate surface area is 177 Å². The summed E-state index contributed by atoms with van der Waals surface area (Å²) in [6, 6.07) is 14.7. The van der Waals surface area contributed by atoms with E-state index in [1.807, 2.05) is 30.3 Å². The fourth-order valence-electron chi connectivity index (χ4n) is 2.98. The molecule has 7 nitrogen and oxygen atoms in total. The molecule has 3 N–H and O–H groups in total. The van der Waals surface area contributed by atoms with E-state index in [0.29, 0.717) is 57.4 Å². The molecule has 2 aromatic carbocycles. The van der Waals surface area contributed by atoms with Gasteiger partial charge in [-0.1, -0.05) is 47.5 Å². The van der Waals surface area contributed by atoms with Gasteiger partial charge >= 0.3 is 0 Å². The predicted octanol–water partition coefficient (Wildman–Crippen LogP) is 4.43. The van der Waals surface area contributed by atoms with E-state index in [1.54, 1.807) is 30.0 Å². The summed E-state index contributed by atoms with van der Waals surface area (Å²) in [5.41, 5.74) is 9.11. The second kappa shape index (κ2) is 8.24. The highest BCUT2D eigenvalue weighted by Crippen LogP contribution is 2.34. The number of nitrogen functional groups attached to an aromatic ring is 1. The van der Waals surface area contributed by atoms with E-state index in [4.69, 9.17) is 33.7 Å². The molecule has 0 amide bonds. The molecule has 0 fully saturated rings. The Morgan fingerprint density at radius 3 is 2.55 bits per heavy atom. The minimum Gasteiger partial charge on any atom is -0.383 e. The van der Waals surface area contributed by atoms with Crippen LogP contribution >= 0.6 is 23.2 Å². The van der Waals surface area contributed by atoms with Gasteiger partial charge in [-0.15, -0.1) is 5.10 Å². The van der Waals surface area contributed by atoms with E-state index in [0.717, 1.165) is 5.56 Å². The molecular weight excluding hydrogens is 411 g/mol. The number of benzene rings is 2. The highest BCUT2D eigenvalue weighted by molar-refractivity contribution is 6.32. The van der Waals surface area contributed by atoms with Crippen molar-refractivity contribution in [2.24, 2.45) is 0 Å². The number of methoxy groups -OCH3 is 1. The number of anilines is 2. The number of halogens is 2. The Balaban J connectivity index is 1.92. The van der Waals surface area contributed by atoms with Crippen LogP contribution < -0.4 is 11.1 Å². The summed E-state index contributed by atoms with van der Waals surface area (Å²) < 4.78 is 6.67. The lowest BCUT2D eigenvalue weighted by molar-refractivity contribution is 0.210. The van der Waals surface area contributed by atoms with Crippen LogP contribution in [0.5, 0.6) is 0 Å². The van der Waals surface area contributed by atoms with Gasteiger partial charge in [0.2, 0.25) is 5.95 Å². The van der Waals surface area contributed by atoms with Crippen LogP contribution in [-0.2, 0) is 4.74 Å². The molecule has 4 aromatic rings. The molecule has 29 heavy (non-hydrogen) atoms. The van der Waals surface area contributed by atoms with E-state index in [-0.39, 0.29) is 0 Å². The Hall–Kier alpha value is -2.87. The van der Waals surface area contributed by atoms with Crippen LogP contribution in [0.2, 0.25) is 10.0 Å². The van der Waals surface area contributed by atoms with Gasteiger partial charge in [-0.2, -0.15) is 4.98 Å². The lowest BCUT2D eigenvalue weighted by Gasteiger charge is -2.08. The first kappa shape index (κ1) is 19.4. The summed E-state index contributed by atoms with van der Waals surface area (Å²) in [6.45, 7) is 1.08. The number of para-hydroxylation sites is 1. The Kier molecular flexibility index (Phi) is 5.53. The number of rotatable bonds is 6. The fourth-order valence-corrected chi connectivity index (χ4v) is 3.32. The maximum Gasteiger partial charge on any atom is 0.225 e. The quantitative estimate of drug-likeness (QED) is 0.441. The largest absolute Gasteiger partial charge is 0.383 e. The average molecular weight is 429 g/mol. The van der Waals surface area contributed by atoms with Crippen molar-refractivity contribution in [3.63, 3.8) is 0 Å². The van der Waals surface area contributed by atoms with Crippen molar-refractivity contribution >= 4 is 46.0 Å². The molecule has 2 heterocycles. The van der Waals surface area contributed by atoms with E-state index >= 15 is 0 Å². The molecule has 0 unspecified atom stereocenters. The van der Waals surface area contributed by atoms with Gasteiger partial charge in [-0.05, 0) is 24.3 Å². The number of fused-ring (bicyclic) bond motifs is 1. The van der Waals surface area contributed by atoms with Gasteiger partial charge in [0.15, 0.2) is 5.65 Å². The van der Waals surface area contributed by atoms with Crippen LogP contribution in [0.3, 0.4) is 0 Å². The zero-order valence-corrected chi connectivity index (χ0v) is 17.1. The van der Waals surface area contributed by atoms with E-state index in [9.17, 15) is 0 Å². The smallest absolute Gasteiger partial charge is 0.225 e. The average Bonchev–Trinajstić information content (AvgIpc) is 3.05.